The Morgan fingerprint density at radius 1 is 0.881 bits per heavy atom. The van der Waals surface area contributed by atoms with Gasteiger partial charge in [-0.05, 0) is 34.8 Å². The molecular formula is C21H15F9N6O5S. The van der Waals surface area contributed by atoms with E-state index in [-0.39, 0.29) is 17.5 Å². The maximum atomic E-state index is 12.8. The number of rotatable bonds is 9. The van der Waals surface area contributed by atoms with Crippen LogP contribution in [0.15, 0.2) is 53.8 Å². The number of alkyl halides is 9. The molecule has 3 aromatic rings. The molecule has 0 radical (unpaired) electrons. The second kappa shape index (κ2) is 11.8. The molecule has 0 fully saturated rings. The lowest BCUT2D eigenvalue weighted by Crippen LogP contribution is -2.36. The van der Waals surface area contributed by atoms with Crippen molar-refractivity contribution in [3.05, 3.63) is 54.5 Å². The molecule has 0 saturated heterocycles. The van der Waals surface area contributed by atoms with E-state index in [1.807, 2.05) is 0 Å². The normalized spacial score (nSPS) is 12.6. The van der Waals surface area contributed by atoms with E-state index in [2.05, 4.69) is 35.2 Å². The fourth-order valence-electron chi connectivity index (χ4n) is 2.82. The number of hydrogen-bond donors (Lipinski definition) is 2. The molecule has 1 aromatic carbocycles. The Kier molecular flexibility index (Phi) is 9.05. The molecule has 2 N–H and O–H groups in total. The lowest BCUT2D eigenvalue weighted by Gasteiger charge is -2.19. The van der Waals surface area contributed by atoms with Gasteiger partial charge in [-0.15, -0.1) is 0 Å². The summed E-state index contributed by atoms with van der Waals surface area (Å²) in [4.78, 5) is 25.2. The predicted molar refractivity (Wildman–Crippen MR) is 123 cm³/mol. The zero-order chi connectivity index (χ0) is 31.5. The fourth-order valence-corrected chi connectivity index (χ4v) is 3.79. The molecule has 3 rings (SSSR count). The first-order valence-corrected chi connectivity index (χ1v) is 12.2. The SMILES string of the molecule is CN(OC(=O)C(F)(F)F)S(=O)(=O)c1ccc(OCC(F)(F)F)c(Nc2cc(Nc3ccc(C(F)(F)F)cn3)ncn2)c1. The van der Waals surface area contributed by atoms with Crippen LogP contribution in [0.1, 0.15) is 5.56 Å². The van der Waals surface area contributed by atoms with E-state index in [9.17, 15) is 52.7 Å². The summed E-state index contributed by atoms with van der Waals surface area (Å²) in [5.74, 6) is -3.84. The number of nitrogens with one attached hydrogen (secondary N) is 2. The van der Waals surface area contributed by atoms with Crippen LogP contribution in [0.25, 0.3) is 0 Å². The maximum absolute atomic E-state index is 12.8. The smallest absolute Gasteiger partial charge is 0.482 e. The molecule has 2 heterocycles. The number of carbonyl (C=O) groups excluding carboxylic acids is 1. The number of ether oxygens (including phenoxy) is 1. The highest BCUT2D eigenvalue weighted by Gasteiger charge is 2.44. The van der Waals surface area contributed by atoms with Crippen LogP contribution in [0, 0.1) is 0 Å². The van der Waals surface area contributed by atoms with Crippen LogP contribution < -0.4 is 15.4 Å². The Hall–Kier alpha value is -4.40. The van der Waals surface area contributed by atoms with Crippen molar-refractivity contribution in [2.24, 2.45) is 0 Å². The summed E-state index contributed by atoms with van der Waals surface area (Å²) in [6, 6.07) is 4.89. The minimum Gasteiger partial charge on any atom is -0.482 e. The summed E-state index contributed by atoms with van der Waals surface area (Å²) in [7, 11) is -4.52. The second-order valence-electron chi connectivity index (χ2n) is 7.82. The third kappa shape index (κ3) is 8.55. The van der Waals surface area contributed by atoms with E-state index in [1.165, 1.54) is 0 Å². The van der Waals surface area contributed by atoms with Gasteiger partial charge in [0.25, 0.3) is 10.0 Å². The number of hydrogen-bond acceptors (Lipinski definition) is 10. The topological polar surface area (TPSA) is 136 Å². The van der Waals surface area contributed by atoms with Crippen molar-refractivity contribution in [3.63, 3.8) is 0 Å². The summed E-state index contributed by atoms with van der Waals surface area (Å²) in [5.41, 5.74) is -1.52. The molecule has 0 aliphatic carbocycles. The molecule has 0 amide bonds. The molecule has 11 nitrogen and oxygen atoms in total. The first-order valence-electron chi connectivity index (χ1n) is 10.8. The van der Waals surface area contributed by atoms with Crippen LogP contribution in [0.5, 0.6) is 5.75 Å². The number of halogens is 9. The third-order valence-corrected chi connectivity index (χ3v) is 6.30. The maximum Gasteiger partial charge on any atom is 0.492 e. The molecule has 228 valence electrons. The van der Waals surface area contributed by atoms with E-state index in [0.29, 0.717) is 25.4 Å². The van der Waals surface area contributed by atoms with Gasteiger partial charge in [0.15, 0.2) is 6.61 Å². The molecule has 0 aliphatic rings. The molecular weight excluding hydrogens is 619 g/mol. The minimum atomic E-state index is -5.54. The number of hydroxylamine groups is 1. The van der Waals surface area contributed by atoms with Gasteiger partial charge < -0.3 is 20.2 Å². The number of anilines is 4. The van der Waals surface area contributed by atoms with Gasteiger partial charge >= 0.3 is 24.5 Å². The number of sulfonamides is 1. The van der Waals surface area contributed by atoms with Gasteiger partial charge in [0, 0.05) is 19.3 Å². The highest BCUT2D eigenvalue weighted by Crippen LogP contribution is 2.33. The van der Waals surface area contributed by atoms with Gasteiger partial charge in [-0.3, -0.25) is 0 Å². The highest BCUT2D eigenvalue weighted by molar-refractivity contribution is 7.89. The largest absolute Gasteiger partial charge is 0.492 e. The van der Waals surface area contributed by atoms with Crippen molar-refractivity contribution in [2.45, 2.75) is 23.4 Å². The predicted octanol–water partition coefficient (Wildman–Crippen LogP) is 4.96. The van der Waals surface area contributed by atoms with Gasteiger partial charge in [-0.1, -0.05) is 0 Å². The van der Waals surface area contributed by atoms with Crippen molar-refractivity contribution in [1.82, 2.24) is 19.4 Å². The van der Waals surface area contributed by atoms with Crippen molar-refractivity contribution in [3.8, 4) is 5.75 Å². The Balaban J connectivity index is 1.91. The molecule has 0 spiro atoms. The molecule has 0 unspecified atom stereocenters. The van der Waals surface area contributed by atoms with Crippen LogP contribution in [-0.4, -0.2) is 59.8 Å². The molecule has 2 aromatic heterocycles. The van der Waals surface area contributed by atoms with Crippen LogP contribution >= 0.6 is 0 Å². The molecule has 21 heteroatoms. The van der Waals surface area contributed by atoms with E-state index in [1.54, 1.807) is 0 Å². The molecule has 0 saturated carbocycles. The average molecular weight is 634 g/mol. The van der Waals surface area contributed by atoms with Gasteiger partial charge in [-0.25, -0.2) is 28.2 Å². The van der Waals surface area contributed by atoms with E-state index in [4.69, 9.17) is 0 Å². The lowest BCUT2D eigenvalue weighted by atomic mass is 10.3. The Morgan fingerprint density at radius 3 is 2.07 bits per heavy atom. The summed E-state index contributed by atoms with van der Waals surface area (Å²) in [5, 5.41) is 5.01. The van der Waals surface area contributed by atoms with E-state index < -0.39 is 67.5 Å². The van der Waals surface area contributed by atoms with Crippen LogP contribution in [-0.2, 0) is 25.8 Å². The first-order chi connectivity index (χ1) is 19.3. The zero-order valence-corrected chi connectivity index (χ0v) is 21.3. The quantitative estimate of drug-likeness (QED) is 0.246. The summed E-state index contributed by atoms with van der Waals surface area (Å²) in [6.45, 7) is -1.83. The molecule has 0 bridgehead atoms. The second-order valence-corrected chi connectivity index (χ2v) is 9.76. The van der Waals surface area contributed by atoms with Crippen LogP contribution in [0.3, 0.4) is 0 Å². The number of nitrogens with zero attached hydrogens (tertiary/aromatic N) is 4. The molecule has 0 aliphatic heterocycles. The highest BCUT2D eigenvalue weighted by atomic mass is 32.2. The molecule has 0 atom stereocenters. The van der Waals surface area contributed by atoms with Gasteiger partial charge in [0.1, 0.15) is 29.5 Å². The number of pyridine rings is 1. The van der Waals surface area contributed by atoms with E-state index >= 15 is 0 Å². The number of benzene rings is 1. The van der Waals surface area contributed by atoms with Crippen LogP contribution in [0.2, 0.25) is 0 Å². The number of aromatic nitrogens is 3. The van der Waals surface area contributed by atoms with Crippen molar-refractivity contribution in [1.29, 1.82) is 0 Å². The zero-order valence-electron chi connectivity index (χ0n) is 20.5. The monoisotopic (exact) mass is 634 g/mol. The van der Waals surface area contributed by atoms with Gasteiger partial charge in [0.05, 0.1) is 16.1 Å². The third-order valence-electron chi connectivity index (χ3n) is 4.70. The average Bonchev–Trinajstić information content (AvgIpc) is 2.86. The van der Waals surface area contributed by atoms with Crippen LogP contribution in [0.4, 0.5) is 62.7 Å². The number of carbonyl (C=O) groups is 1. The Bertz CT molecular complexity index is 1530. The minimum absolute atomic E-state index is 0.0832. The summed E-state index contributed by atoms with van der Waals surface area (Å²) in [6.07, 6.45) is -13.5. The molecule has 42 heavy (non-hydrogen) atoms. The fraction of sp³-hybridized carbons (Fsp3) is 0.238. The standard InChI is InChI=1S/C21H15F9N6O5S/c1-36(41-18(37)21(28,29)30)42(38,39)12-3-4-14(40-9-19(22,23)24)13(6-12)34-16-7-17(33-10-32-16)35-15-5-2-11(8-31-15)20(25,26)27/h2-8,10H,9H2,1H3,(H2,31,32,33,34,35). The Morgan fingerprint density at radius 2 is 1.52 bits per heavy atom. The Labute approximate surface area is 229 Å². The van der Waals surface area contributed by atoms with Gasteiger partial charge in [-0.2, -0.15) is 39.5 Å². The lowest BCUT2D eigenvalue weighted by molar-refractivity contribution is -0.219. The summed E-state index contributed by atoms with van der Waals surface area (Å²) >= 11 is 0. The first kappa shape index (κ1) is 32.1. The van der Waals surface area contributed by atoms with Crippen molar-refractivity contribution in [2.75, 3.05) is 24.3 Å². The van der Waals surface area contributed by atoms with Crippen molar-refractivity contribution >= 4 is 39.1 Å². The van der Waals surface area contributed by atoms with Crippen molar-refractivity contribution < 1.29 is 62.3 Å². The van der Waals surface area contributed by atoms with E-state index in [0.717, 1.165) is 30.6 Å². The summed E-state index contributed by atoms with van der Waals surface area (Å²) < 4.78 is 144. The van der Waals surface area contributed by atoms with Gasteiger partial charge in [0.2, 0.25) is 0 Å².